The summed E-state index contributed by atoms with van der Waals surface area (Å²) in [5.74, 6) is 5.17. The Labute approximate surface area is 92.0 Å². The van der Waals surface area contributed by atoms with Crippen LogP contribution in [-0.2, 0) is 0 Å². The third-order valence-electron chi connectivity index (χ3n) is 1.78. The Hall–Kier alpha value is -1.96. The quantitative estimate of drug-likeness (QED) is 0.433. The second-order valence-electron chi connectivity index (χ2n) is 3.04. The SMILES string of the molecule is CCCOc1nc(NN)nc(C)c1[N+](=O)[O-]. The van der Waals surface area contributed by atoms with Gasteiger partial charge in [0.1, 0.15) is 5.69 Å². The van der Waals surface area contributed by atoms with Gasteiger partial charge in [-0.25, -0.2) is 10.8 Å². The van der Waals surface area contributed by atoms with Gasteiger partial charge in [0.2, 0.25) is 5.95 Å². The molecule has 1 aromatic heterocycles. The van der Waals surface area contributed by atoms with Gasteiger partial charge >= 0.3 is 5.69 Å². The Bertz CT molecular complexity index is 396. The van der Waals surface area contributed by atoms with Crippen molar-refractivity contribution in [2.75, 3.05) is 12.0 Å². The molecule has 0 aliphatic rings. The van der Waals surface area contributed by atoms with Crippen LogP contribution in [0.4, 0.5) is 11.6 Å². The molecule has 0 saturated carbocycles. The number of nitrogens with zero attached hydrogens (tertiary/aromatic N) is 3. The van der Waals surface area contributed by atoms with Crippen molar-refractivity contribution in [2.24, 2.45) is 5.84 Å². The molecule has 0 saturated heterocycles. The van der Waals surface area contributed by atoms with Crippen LogP contribution in [0, 0.1) is 17.0 Å². The fourth-order valence-corrected chi connectivity index (χ4v) is 1.11. The minimum Gasteiger partial charge on any atom is -0.473 e. The minimum absolute atomic E-state index is 0.0627. The highest BCUT2D eigenvalue weighted by Crippen LogP contribution is 2.28. The molecule has 1 rings (SSSR count). The van der Waals surface area contributed by atoms with Crippen LogP contribution in [0.25, 0.3) is 0 Å². The highest BCUT2D eigenvalue weighted by atomic mass is 16.6. The predicted molar refractivity (Wildman–Crippen MR) is 57.0 cm³/mol. The number of nitrogens with two attached hydrogens (primary N) is 1. The number of anilines is 1. The van der Waals surface area contributed by atoms with Gasteiger partial charge < -0.3 is 4.74 Å². The zero-order chi connectivity index (χ0) is 12.1. The Morgan fingerprint density at radius 1 is 1.56 bits per heavy atom. The first-order valence-corrected chi connectivity index (χ1v) is 4.72. The number of hydrazine groups is 1. The maximum absolute atomic E-state index is 10.8. The van der Waals surface area contributed by atoms with Gasteiger partial charge in [0.05, 0.1) is 11.5 Å². The second-order valence-corrected chi connectivity index (χ2v) is 3.04. The molecule has 0 spiro atoms. The predicted octanol–water partition coefficient (Wildman–Crippen LogP) is 0.768. The normalized spacial score (nSPS) is 9.94. The van der Waals surface area contributed by atoms with Gasteiger partial charge in [-0.1, -0.05) is 6.92 Å². The lowest BCUT2D eigenvalue weighted by Crippen LogP contribution is -2.13. The third-order valence-corrected chi connectivity index (χ3v) is 1.78. The highest BCUT2D eigenvalue weighted by Gasteiger charge is 2.23. The summed E-state index contributed by atoms with van der Waals surface area (Å²) >= 11 is 0. The molecule has 0 bridgehead atoms. The first kappa shape index (κ1) is 12.1. The summed E-state index contributed by atoms with van der Waals surface area (Å²) in [6.07, 6.45) is 0.728. The van der Waals surface area contributed by atoms with E-state index in [1.165, 1.54) is 6.92 Å². The van der Waals surface area contributed by atoms with E-state index in [0.29, 0.717) is 6.61 Å². The van der Waals surface area contributed by atoms with Crippen molar-refractivity contribution in [3.05, 3.63) is 15.8 Å². The molecule has 3 N–H and O–H groups in total. The van der Waals surface area contributed by atoms with Gasteiger partial charge in [0, 0.05) is 0 Å². The van der Waals surface area contributed by atoms with Crippen LogP contribution >= 0.6 is 0 Å². The molecule has 0 atom stereocenters. The van der Waals surface area contributed by atoms with E-state index in [0.717, 1.165) is 6.42 Å². The van der Waals surface area contributed by atoms with Gasteiger partial charge in [-0.2, -0.15) is 4.98 Å². The van der Waals surface area contributed by atoms with Crippen molar-refractivity contribution in [2.45, 2.75) is 20.3 Å². The van der Waals surface area contributed by atoms with Crippen LogP contribution in [0.3, 0.4) is 0 Å². The Kier molecular flexibility index (Phi) is 3.95. The number of nitro groups is 1. The Balaban J connectivity index is 3.17. The van der Waals surface area contributed by atoms with E-state index < -0.39 is 4.92 Å². The molecule has 88 valence electrons. The molecule has 0 aromatic carbocycles. The Morgan fingerprint density at radius 3 is 2.75 bits per heavy atom. The lowest BCUT2D eigenvalue weighted by molar-refractivity contribution is -0.387. The highest BCUT2D eigenvalue weighted by molar-refractivity contribution is 5.48. The second kappa shape index (κ2) is 5.21. The van der Waals surface area contributed by atoms with Crippen LogP contribution in [0.5, 0.6) is 5.88 Å². The smallest absolute Gasteiger partial charge is 0.352 e. The number of hydrogen-bond donors (Lipinski definition) is 2. The van der Waals surface area contributed by atoms with E-state index in [1.807, 2.05) is 6.92 Å². The van der Waals surface area contributed by atoms with E-state index in [4.69, 9.17) is 10.6 Å². The average Bonchev–Trinajstić information content (AvgIpc) is 2.24. The molecule has 1 aromatic rings. The lowest BCUT2D eigenvalue weighted by Gasteiger charge is -2.07. The molecule has 8 heteroatoms. The molecule has 0 fully saturated rings. The standard InChI is InChI=1S/C8H13N5O3/c1-3-4-16-7-6(13(14)15)5(2)10-8(11-7)12-9/h3-4,9H2,1-2H3,(H,10,11,12). The molecule has 0 radical (unpaired) electrons. The number of hydrogen-bond acceptors (Lipinski definition) is 7. The fourth-order valence-electron chi connectivity index (χ4n) is 1.11. The first-order valence-electron chi connectivity index (χ1n) is 4.72. The Morgan fingerprint density at radius 2 is 2.25 bits per heavy atom. The fraction of sp³-hybridized carbons (Fsp3) is 0.500. The first-order chi connectivity index (χ1) is 7.60. The van der Waals surface area contributed by atoms with E-state index >= 15 is 0 Å². The minimum atomic E-state index is -0.569. The molecule has 16 heavy (non-hydrogen) atoms. The van der Waals surface area contributed by atoms with Crippen molar-refractivity contribution >= 4 is 11.6 Å². The molecule has 0 unspecified atom stereocenters. The van der Waals surface area contributed by atoms with Crippen LogP contribution in [0.1, 0.15) is 19.0 Å². The number of aryl methyl sites for hydroxylation is 1. The van der Waals surface area contributed by atoms with Crippen LogP contribution < -0.4 is 16.0 Å². The van der Waals surface area contributed by atoms with Crippen molar-refractivity contribution < 1.29 is 9.66 Å². The van der Waals surface area contributed by atoms with Crippen LogP contribution in [-0.4, -0.2) is 21.5 Å². The summed E-state index contributed by atoms with van der Waals surface area (Å²) in [7, 11) is 0. The number of rotatable bonds is 5. The molecule has 0 aliphatic carbocycles. The van der Waals surface area contributed by atoms with Crippen LogP contribution in [0.2, 0.25) is 0 Å². The molecule has 1 heterocycles. The average molecular weight is 227 g/mol. The monoisotopic (exact) mass is 227 g/mol. The van der Waals surface area contributed by atoms with Crippen molar-refractivity contribution in [3.63, 3.8) is 0 Å². The molecule has 0 amide bonds. The van der Waals surface area contributed by atoms with E-state index in [1.54, 1.807) is 0 Å². The van der Waals surface area contributed by atoms with Gasteiger partial charge in [-0.15, -0.1) is 0 Å². The lowest BCUT2D eigenvalue weighted by atomic mass is 10.3. The summed E-state index contributed by atoms with van der Waals surface area (Å²) in [5, 5.41) is 10.8. The van der Waals surface area contributed by atoms with Crippen molar-refractivity contribution in [1.82, 2.24) is 9.97 Å². The van der Waals surface area contributed by atoms with Gasteiger partial charge in [-0.3, -0.25) is 15.5 Å². The summed E-state index contributed by atoms with van der Waals surface area (Å²) < 4.78 is 5.18. The van der Waals surface area contributed by atoms with E-state index in [2.05, 4.69) is 15.4 Å². The zero-order valence-corrected chi connectivity index (χ0v) is 9.06. The van der Waals surface area contributed by atoms with Crippen molar-refractivity contribution in [3.8, 4) is 5.88 Å². The van der Waals surface area contributed by atoms with Crippen LogP contribution in [0.15, 0.2) is 0 Å². The summed E-state index contributed by atoms with van der Waals surface area (Å²) in [5.41, 5.74) is 2.20. The largest absolute Gasteiger partial charge is 0.473 e. The van der Waals surface area contributed by atoms with Gasteiger partial charge in [-0.05, 0) is 13.3 Å². The molecule has 0 aliphatic heterocycles. The number of aromatic nitrogens is 2. The number of nitrogen functional groups attached to an aromatic ring is 1. The maximum Gasteiger partial charge on any atom is 0.352 e. The maximum atomic E-state index is 10.8. The van der Waals surface area contributed by atoms with E-state index in [9.17, 15) is 10.1 Å². The molecule has 8 nitrogen and oxygen atoms in total. The zero-order valence-electron chi connectivity index (χ0n) is 9.06. The molecular formula is C8H13N5O3. The van der Waals surface area contributed by atoms with Gasteiger partial charge in [0.25, 0.3) is 5.88 Å². The number of nitrogens with one attached hydrogen (secondary N) is 1. The van der Waals surface area contributed by atoms with Gasteiger partial charge in [0.15, 0.2) is 0 Å². The summed E-state index contributed by atoms with van der Waals surface area (Å²) in [6.45, 7) is 3.74. The summed E-state index contributed by atoms with van der Waals surface area (Å²) in [6, 6.07) is 0. The number of ether oxygens (including phenoxy) is 1. The third kappa shape index (κ3) is 2.54. The topological polar surface area (TPSA) is 116 Å². The summed E-state index contributed by atoms with van der Waals surface area (Å²) in [4.78, 5) is 17.8. The van der Waals surface area contributed by atoms with E-state index in [-0.39, 0.29) is 23.2 Å². The van der Waals surface area contributed by atoms with Crippen molar-refractivity contribution in [1.29, 1.82) is 0 Å². The molecular weight excluding hydrogens is 214 g/mol.